The van der Waals surface area contributed by atoms with Gasteiger partial charge in [0.2, 0.25) is 0 Å². The lowest BCUT2D eigenvalue weighted by Gasteiger charge is -1.96. The number of nitrogens with zero attached hydrogens (tertiary/aromatic N) is 2. The van der Waals surface area contributed by atoms with E-state index >= 15 is 0 Å². The molecule has 0 spiro atoms. The molecule has 2 N–H and O–H groups in total. The molecular formula is C21H16N4S. The predicted octanol–water partition coefficient (Wildman–Crippen LogP) is 5.38. The topological polar surface area (TPSA) is 57.4 Å². The molecule has 0 amide bonds. The second-order valence-corrected chi connectivity index (χ2v) is 7.03. The summed E-state index contributed by atoms with van der Waals surface area (Å²) in [6, 6.07) is 14.5. The van der Waals surface area contributed by atoms with Crippen LogP contribution >= 0.6 is 11.8 Å². The number of rotatable bonds is 1. The molecule has 2 aliphatic rings. The first kappa shape index (κ1) is 15.2. The van der Waals surface area contributed by atoms with E-state index in [1.165, 1.54) is 0 Å². The van der Waals surface area contributed by atoms with Crippen molar-refractivity contribution in [1.82, 2.24) is 19.9 Å². The zero-order valence-electron chi connectivity index (χ0n) is 14.2. The summed E-state index contributed by atoms with van der Waals surface area (Å²) >= 11 is 1.70. The summed E-state index contributed by atoms with van der Waals surface area (Å²) in [4.78, 5) is 17.5. The standard InChI is InChI=1S/C21H16N4S/c1-26-21-19-8-6-17(24-19)11-15-4-2-13(22-15)10-14-3-5-16(23-14)12-18-7-9-20(21)25-18/h2-12,22,24H,1H3. The molecule has 0 aromatic carbocycles. The summed E-state index contributed by atoms with van der Waals surface area (Å²) in [6.07, 6.45) is 10.2. The number of hydrogen-bond donors (Lipinski definition) is 2. The van der Waals surface area contributed by atoms with Gasteiger partial charge in [0, 0.05) is 16.6 Å². The van der Waals surface area contributed by atoms with E-state index in [0.29, 0.717) is 0 Å². The normalized spacial score (nSPS) is 12.7. The van der Waals surface area contributed by atoms with E-state index in [-0.39, 0.29) is 0 Å². The van der Waals surface area contributed by atoms with Crippen molar-refractivity contribution in [3.63, 3.8) is 0 Å². The zero-order chi connectivity index (χ0) is 17.5. The van der Waals surface area contributed by atoms with Crippen LogP contribution in [0.25, 0.3) is 46.4 Å². The van der Waals surface area contributed by atoms with Gasteiger partial charge < -0.3 is 9.97 Å². The van der Waals surface area contributed by atoms with Gasteiger partial charge in [-0.15, -0.1) is 11.8 Å². The average molecular weight is 356 g/mol. The van der Waals surface area contributed by atoms with Gasteiger partial charge in [-0.25, -0.2) is 9.97 Å². The molecule has 5 heteroatoms. The third-order valence-electron chi connectivity index (χ3n) is 4.38. The van der Waals surface area contributed by atoms with Crippen LogP contribution in [0.4, 0.5) is 0 Å². The first-order chi connectivity index (χ1) is 12.8. The van der Waals surface area contributed by atoms with E-state index < -0.39 is 0 Å². The molecule has 0 atom stereocenters. The minimum Gasteiger partial charge on any atom is -0.355 e. The van der Waals surface area contributed by atoms with E-state index in [0.717, 1.165) is 49.7 Å². The highest BCUT2D eigenvalue weighted by Gasteiger charge is 2.07. The SMILES string of the molecule is CSc1c2nc(cc3nc(cc4ccc(cc5ccc1[nH]5)[nH]4)C=C3)C=C2. The number of fused-ring (bicyclic) bond motifs is 8. The molecule has 4 nitrogen and oxygen atoms in total. The lowest BCUT2D eigenvalue weighted by molar-refractivity contribution is 1.23. The predicted molar refractivity (Wildman–Crippen MR) is 111 cm³/mol. The van der Waals surface area contributed by atoms with Crippen LogP contribution in [-0.2, 0) is 0 Å². The van der Waals surface area contributed by atoms with Gasteiger partial charge in [0.05, 0.1) is 33.2 Å². The third kappa shape index (κ3) is 2.76. The summed E-state index contributed by atoms with van der Waals surface area (Å²) in [7, 11) is 0. The summed E-state index contributed by atoms with van der Waals surface area (Å²) in [5.41, 5.74) is 7.96. The van der Waals surface area contributed by atoms with Crippen LogP contribution in [-0.4, -0.2) is 26.2 Å². The Bertz CT molecular complexity index is 1230. The fourth-order valence-electron chi connectivity index (χ4n) is 3.20. The maximum Gasteiger partial charge on any atom is 0.0794 e. The highest BCUT2D eigenvalue weighted by molar-refractivity contribution is 7.98. The largest absolute Gasteiger partial charge is 0.355 e. The van der Waals surface area contributed by atoms with Gasteiger partial charge in [-0.3, -0.25) is 0 Å². The molecule has 3 aromatic heterocycles. The Morgan fingerprint density at radius 2 is 1.35 bits per heavy atom. The minimum atomic E-state index is 0.916. The molecule has 0 unspecified atom stereocenters. The van der Waals surface area contributed by atoms with E-state index in [4.69, 9.17) is 4.98 Å². The molecule has 0 fully saturated rings. The molecule has 26 heavy (non-hydrogen) atoms. The molecule has 5 heterocycles. The Balaban J connectivity index is 1.88. The Morgan fingerprint density at radius 1 is 0.692 bits per heavy atom. The molecular weight excluding hydrogens is 340 g/mol. The first-order valence-electron chi connectivity index (χ1n) is 8.38. The fourth-order valence-corrected chi connectivity index (χ4v) is 3.86. The van der Waals surface area contributed by atoms with E-state index in [2.05, 4.69) is 57.6 Å². The van der Waals surface area contributed by atoms with Crippen LogP contribution in [0.1, 0.15) is 22.8 Å². The number of hydrogen-bond acceptors (Lipinski definition) is 3. The van der Waals surface area contributed by atoms with Gasteiger partial charge in [-0.05, 0) is 73.0 Å². The molecule has 126 valence electrons. The minimum absolute atomic E-state index is 0.916. The Kier molecular flexibility index (Phi) is 3.53. The number of aromatic nitrogens is 4. The number of aromatic amines is 2. The summed E-state index contributed by atoms with van der Waals surface area (Å²) in [5, 5.41) is 0. The monoisotopic (exact) mass is 356 g/mol. The number of H-pyrrole nitrogens is 2. The molecule has 3 aromatic rings. The maximum atomic E-state index is 4.77. The van der Waals surface area contributed by atoms with Crippen molar-refractivity contribution >= 4 is 58.1 Å². The lowest BCUT2D eigenvalue weighted by atomic mass is 10.3. The van der Waals surface area contributed by atoms with Gasteiger partial charge in [-0.2, -0.15) is 0 Å². The van der Waals surface area contributed by atoms with Gasteiger partial charge in [0.25, 0.3) is 0 Å². The van der Waals surface area contributed by atoms with Crippen molar-refractivity contribution in [3.8, 4) is 0 Å². The smallest absolute Gasteiger partial charge is 0.0794 e. The molecule has 0 saturated carbocycles. The van der Waals surface area contributed by atoms with Gasteiger partial charge >= 0.3 is 0 Å². The maximum absolute atomic E-state index is 4.77. The Hall–Kier alpha value is -3.05. The summed E-state index contributed by atoms with van der Waals surface area (Å²) in [6.45, 7) is 0. The first-order valence-corrected chi connectivity index (χ1v) is 9.61. The van der Waals surface area contributed by atoms with Gasteiger partial charge in [-0.1, -0.05) is 0 Å². The van der Waals surface area contributed by atoms with Crippen molar-refractivity contribution in [3.05, 3.63) is 65.2 Å². The average Bonchev–Trinajstić information content (AvgIpc) is 3.39. The Morgan fingerprint density at radius 3 is 2.19 bits per heavy atom. The highest BCUT2D eigenvalue weighted by Crippen LogP contribution is 2.27. The van der Waals surface area contributed by atoms with Crippen LogP contribution in [0.2, 0.25) is 0 Å². The van der Waals surface area contributed by atoms with Crippen LogP contribution in [0, 0.1) is 0 Å². The number of nitrogens with one attached hydrogen (secondary N) is 2. The highest BCUT2D eigenvalue weighted by atomic mass is 32.2. The Labute approximate surface area is 154 Å². The van der Waals surface area contributed by atoms with Crippen molar-refractivity contribution in [1.29, 1.82) is 0 Å². The molecule has 0 radical (unpaired) electrons. The van der Waals surface area contributed by atoms with E-state index in [9.17, 15) is 0 Å². The molecule has 8 bridgehead atoms. The van der Waals surface area contributed by atoms with E-state index in [1.54, 1.807) is 11.8 Å². The molecule has 0 aliphatic carbocycles. The number of thioether (sulfide) groups is 1. The van der Waals surface area contributed by atoms with E-state index in [1.807, 2.05) is 30.4 Å². The second-order valence-electron chi connectivity index (χ2n) is 6.21. The van der Waals surface area contributed by atoms with Crippen LogP contribution < -0.4 is 0 Å². The lowest BCUT2D eigenvalue weighted by Crippen LogP contribution is -1.81. The van der Waals surface area contributed by atoms with Crippen LogP contribution in [0.5, 0.6) is 0 Å². The molecule has 2 aliphatic heterocycles. The van der Waals surface area contributed by atoms with Crippen molar-refractivity contribution in [2.75, 3.05) is 6.26 Å². The second kappa shape index (κ2) is 6.04. The quantitative estimate of drug-likeness (QED) is 0.397. The van der Waals surface area contributed by atoms with Crippen molar-refractivity contribution < 1.29 is 0 Å². The summed E-state index contributed by atoms with van der Waals surface area (Å²) < 4.78 is 0. The van der Waals surface area contributed by atoms with Crippen LogP contribution in [0.15, 0.2) is 47.4 Å². The zero-order valence-corrected chi connectivity index (χ0v) is 15.0. The fraction of sp³-hybridized carbons (Fsp3) is 0.0476. The molecule has 5 rings (SSSR count). The van der Waals surface area contributed by atoms with Crippen molar-refractivity contribution in [2.45, 2.75) is 4.90 Å². The molecule has 0 saturated heterocycles. The van der Waals surface area contributed by atoms with Crippen LogP contribution in [0.3, 0.4) is 0 Å². The summed E-state index contributed by atoms with van der Waals surface area (Å²) in [5.74, 6) is 0. The van der Waals surface area contributed by atoms with Gasteiger partial charge in [0.1, 0.15) is 0 Å². The van der Waals surface area contributed by atoms with Gasteiger partial charge in [0.15, 0.2) is 0 Å². The third-order valence-corrected chi connectivity index (χ3v) is 5.21. The van der Waals surface area contributed by atoms with Crippen molar-refractivity contribution in [2.24, 2.45) is 0 Å².